The van der Waals surface area contributed by atoms with Crippen LogP contribution in [0.5, 0.6) is 5.88 Å². The summed E-state index contributed by atoms with van der Waals surface area (Å²) >= 11 is 0. The molecule has 1 rings (SSSR count). The second-order valence-electron chi connectivity index (χ2n) is 2.61. The molecule has 0 bridgehead atoms. The molecule has 0 saturated carbocycles. The highest BCUT2D eigenvalue weighted by molar-refractivity contribution is 5.72. The van der Waals surface area contributed by atoms with Crippen molar-refractivity contribution in [3.05, 3.63) is 17.8 Å². The molecule has 1 atom stereocenters. The zero-order valence-electron chi connectivity index (χ0n) is 7.39. The number of aliphatic carboxylic acids is 1. The molecule has 0 radical (unpaired) electrons. The van der Waals surface area contributed by atoms with Crippen molar-refractivity contribution in [3.8, 4) is 5.88 Å². The first-order valence-electron chi connectivity index (χ1n) is 3.79. The van der Waals surface area contributed by atoms with E-state index in [9.17, 15) is 4.79 Å². The van der Waals surface area contributed by atoms with Crippen LogP contribution in [0.15, 0.2) is 12.1 Å². The summed E-state index contributed by atoms with van der Waals surface area (Å²) in [6.45, 7) is 3.22. The van der Waals surface area contributed by atoms with E-state index in [1.807, 2.05) is 0 Å². The Kier molecular flexibility index (Phi) is 2.79. The van der Waals surface area contributed by atoms with Gasteiger partial charge in [0.25, 0.3) is 0 Å². The molecule has 0 unspecified atom stereocenters. The van der Waals surface area contributed by atoms with Crippen LogP contribution in [0.1, 0.15) is 12.6 Å². The van der Waals surface area contributed by atoms with Gasteiger partial charge >= 0.3 is 5.97 Å². The lowest BCUT2D eigenvalue weighted by molar-refractivity contribution is -0.144. The first-order valence-corrected chi connectivity index (χ1v) is 3.79. The maximum atomic E-state index is 10.4. The molecule has 0 saturated heterocycles. The van der Waals surface area contributed by atoms with E-state index in [0.29, 0.717) is 0 Å². The smallest absolute Gasteiger partial charge is 0.344 e. The first-order chi connectivity index (χ1) is 6.09. The molecule has 0 aliphatic rings. The molecule has 0 spiro atoms. The third-order valence-electron chi connectivity index (χ3n) is 1.42. The van der Waals surface area contributed by atoms with E-state index in [4.69, 9.17) is 9.84 Å². The molecular formula is C8H10N2O3. The zero-order chi connectivity index (χ0) is 9.84. The van der Waals surface area contributed by atoms with E-state index in [1.165, 1.54) is 6.92 Å². The predicted octanol–water partition coefficient (Wildman–Crippen LogP) is 0.637. The van der Waals surface area contributed by atoms with Crippen molar-refractivity contribution in [2.24, 2.45) is 0 Å². The van der Waals surface area contributed by atoms with E-state index in [1.54, 1.807) is 19.1 Å². The molecule has 0 fully saturated rings. The molecule has 1 aromatic rings. The average Bonchev–Trinajstić information content (AvgIpc) is 2.08. The van der Waals surface area contributed by atoms with Gasteiger partial charge in [-0.2, -0.15) is 5.10 Å². The Morgan fingerprint density at radius 2 is 2.23 bits per heavy atom. The Bertz CT molecular complexity index is 297. The summed E-state index contributed by atoms with van der Waals surface area (Å²) in [6, 6.07) is 3.29. The number of nitrogens with zero attached hydrogens (tertiary/aromatic N) is 2. The van der Waals surface area contributed by atoms with Crippen LogP contribution in [0.2, 0.25) is 0 Å². The summed E-state index contributed by atoms with van der Waals surface area (Å²) in [5, 5.41) is 15.9. The van der Waals surface area contributed by atoms with Crippen molar-refractivity contribution in [2.75, 3.05) is 0 Å². The quantitative estimate of drug-likeness (QED) is 0.742. The van der Waals surface area contributed by atoms with Crippen molar-refractivity contribution in [1.82, 2.24) is 10.2 Å². The van der Waals surface area contributed by atoms with Crippen LogP contribution in [-0.4, -0.2) is 27.4 Å². The number of rotatable bonds is 3. The zero-order valence-corrected chi connectivity index (χ0v) is 7.39. The minimum absolute atomic E-state index is 0.223. The van der Waals surface area contributed by atoms with Crippen molar-refractivity contribution < 1.29 is 14.6 Å². The topological polar surface area (TPSA) is 72.3 Å². The lowest BCUT2D eigenvalue weighted by Crippen LogP contribution is -2.23. The van der Waals surface area contributed by atoms with Crippen LogP contribution in [-0.2, 0) is 4.79 Å². The number of hydrogen-bond acceptors (Lipinski definition) is 4. The number of hydrogen-bond donors (Lipinski definition) is 1. The van der Waals surface area contributed by atoms with Gasteiger partial charge in [0.15, 0.2) is 6.10 Å². The number of aromatic nitrogens is 2. The molecule has 5 nitrogen and oxygen atoms in total. The van der Waals surface area contributed by atoms with Crippen molar-refractivity contribution in [3.63, 3.8) is 0 Å². The summed E-state index contributed by atoms with van der Waals surface area (Å²) < 4.78 is 4.96. The van der Waals surface area contributed by atoms with Crippen LogP contribution in [0.4, 0.5) is 0 Å². The molecule has 1 N–H and O–H groups in total. The fourth-order valence-corrected chi connectivity index (χ4v) is 0.681. The van der Waals surface area contributed by atoms with Gasteiger partial charge in [-0.1, -0.05) is 0 Å². The highest BCUT2D eigenvalue weighted by Crippen LogP contribution is 2.06. The van der Waals surface area contributed by atoms with E-state index in [0.717, 1.165) is 5.69 Å². The monoisotopic (exact) mass is 182 g/mol. The SMILES string of the molecule is Cc1ccc(O[C@@H](C)C(=O)O)nn1. The number of aryl methyl sites for hydroxylation is 1. The van der Waals surface area contributed by atoms with Crippen LogP contribution >= 0.6 is 0 Å². The van der Waals surface area contributed by atoms with Crippen LogP contribution in [0.3, 0.4) is 0 Å². The minimum Gasteiger partial charge on any atom is -0.479 e. The number of carbonyl (C=O) groups is 1. The lowest BCUT2D eigenvalue weighted by Gasteiger charge is -2.07. The third kappa shape index (κ3) is 2.70. The highest BCUT2D eigenvalue weighted by atomic mass is 16.5. The Morgan fingerprint density at radius 3 is 2.69 bits per heavy atom. The second-order valence-corrected chi connectivity index (χ2v) is 2.61. The maximum Gasteiger partial charge on any atom is 0.344 e. The normalized spacial score (nSPS) is 12.2. The molecule has 0 aliphatic carbocycles. The van der Waals surface area contributed by atoms with E-state index < -0.39 is 12.1 Å². The van der Waals surface area contributed by atoms with Crippen LogP contribution < -0.4 is 4.74 Å². The van der Waals surface area contributed by atoms with E-state index in [-0.39, 0.29) is 5.88 Å². The van der Waals surface area contributed by atoms with Gasteiger partial charge in [-0.05, 0) is 19.9 Å². The molecule has 0 aromatic carbocycles. The van der Waals surface area contributed by atoms with Gasteiger partial charge in [0.05, 0.1) is 5.69 Å². The molecule has 0 aliphatic heterocycles. The lowest BCUT2D eigenvalue weighted by atomic mass is 10.4. The minimum atomic E-state index is -1.03. The molecular weight excluding hydrogens is 172 g/mol. The fraction of sp³-hybridized carbons (Fsp3) is 0.375. The fourth-order valence-electron chi connectivity index (χ4n) is 0.681. The number of carboxylic acids is 1. The first kappa shape index (κ1) is 9.44. The van der Waals surface area contributed by atoms with Crippen molar-refractivity contribution in [2.45, 2.75) is 20.0 Å². The summed E-state index contributed by atoms with van der Waals surface area (Å²) in [5.74, 6) is -0.803. The summed E-state index contributed by atoms with van der Waals surface area (Å²) in [4.78, 5) is 10.4. The van der Waals surface area contributed by atoms with Gasteiger partial charge in [-0.3, -0.25) is 0 Å². The van der Waals surface area contributed by atoms with Gasteiger partial charge in [-0.15, -0.1) is 5.10 Å². The molecule has 1 aromatic heterocycles. The van der Waals surface area contributed by atoms with Crippen molar-refractivity contribution >= 4 is 5.97 Å². The van der Waals surface area contributed by atoms with Gasteiger partial charge < -0.3 is 9.84 Å². The van der Waals surface area contributed by atoms with Crippen molar-refractivity contribution in [1.29, 1.82) is 0 Å². The molecule has 0 amide bonds. The molecule has 1 heterocycles. The summed E-state index contributed by atoms with van der Waals surface area (Å²) in [5.41, 5.74) is 0.760. The van der Waals surface area contributed by atoms with Gasteiger partial charge in [0.2, 0.25) is 5.88 Å². The third-order valence-corrected chi connectivity index (χ3v) is 1.42. The predicted molar refractivity (Wildman–Crippen MR) is 44.5 cm³/mol. The molecule has 5 heteroatoms. The Morgan fingerprint density at radius 1 is 1.54 bits per heavy atom. The largest absolute Gasteiger partial charge is 0.479 e. The standard InChI is InChI=1S/C8H10N2O3/c1-5-3-4-7(10-9-5)13-6(2)8(11)12/h3-4,6H,1-2H3,(H,11,12)/t6-/m0/s1. The Hall–Kier alpha value is -1.65. The average molecular weight is 182 g/mol. The van der Waals surface area contributed by atoms with E-state index >= 15 is 0 Å². The Balaban J connectivity index is 2.64. The summed E-state index contributed by atoms with van der Waals surface area (Å²) in [7, 11) is 0. The van der Waals surface area contributed by atoms with Crippen LogP contribution in [0.25, 0.3) is 0 Å². The van der Waals surface area contributed by atoms with Crippen LogP contribution in [0, 0.1) is 6.92 Å². The highest BCUT2D eigenvalue weighted by Gasteiger charge is 2.12. The molecule has 13 heavy (non-hydrogen) atoms. The van der Waals surface area contributed by atoms with Gasteiger partial charge in [-0.25, -0.2) is 4.79 Å². The van der Waals surface area contributed by atoms with Gasteiger partial charge in [0, 0.05) is 6.07 Å². The Labute approximate surface area is 75.4 Å². The van der Waals surface area contributed by atoms with E-state index in [2.05, 4.69) is 10.2 Å². The van der Waals surface area contributed by atoms with Gasteiger partial charge in [0.1, 0.15) is 0 Å². The molecule has 70 valence electrons. The summed E-state index contributed by atoms with van der Waals surface area (Å²) in [6.07, 6.45) is -0.906. The number of carboxylic acid groups (broad SMARTS) is 1. The second kappa shape index (κ2) is 3.84. The number of ether oxygens (including phenoxy) is 1. The maximum absolute atomic E-state index is 10.4.